The number of nitrogens with zero attached hydrogens (tertiary/aromatic N) is 2. The molecule has 100 valence electrons. The van der Waals surface area contributed by atoms with Gasteiger partial charge in [-0.25, -0.2) is 0 Å². The predicted molar refractivity (Wildman–Crippen MR) is 83.4 cm³/mol. The van der Waals surface area contributed by atoms with Gasteiger partial charge in [0.1, 0.15) is 0 Å². The third kappa shape index (κ3) is 3.97. The highest BCUT2D eigenvalue weighted by molar-refractivity contribution is 8.00. The smallest absolute Gasteiger partial charge is 0.0999 e. The number of rotatable bonds is 1. The fourth-order valence-electron chi connectivity index (χ4n) is 1.66. The minimum atomic E-state index is 0.138. The summed E-state index contributed by atoms with van der Waals surface area (Å²) in [5.41, 5.74) is 1.61. The van der Waals surface area contributed by atoms with E-state index in [0.29, 0.717) is 5.56 Å². The Morgan fingerprint density at radius 2 is 1.84 bits per heavy atom. The van der Waals surface area contributed by atoms with E-state index in [9.17, 15) is 0 Å². The molecule has 2 rings (SSSR count). The molecule has 19 heavy (non-hydrogen) atoms. The predicted octanol–water partition coefficient (Wildman–Crippen LogP) is 5.02. The highest BCUT2D eigenvalue weighted by Gasteiger charge is 2.15. The van der Waals surface area contributed by atoms with E-state index < -0.39 is 0 Å². The van der Waals surface area contributed by atoms with Crippen molar-refractivity contribution in [1.82, 2.24) is 4.98 Å². The molecule has 0 spiro atoms. The molecule has 0 aliphatic heterocycles. The summed E-state index contributed by atoms with van der Waals surface area (Å²) in [6.07, 6.45) is 1.70. The molecule has 0 fully saturated rings. The van der Waals surface area contributed by atoms with Crippen LogP contribution in [0.1, 0.15) is 40.2 Å². The number of nitriles is 1. The molecule has 0 amide bonds. The fraction of sp³-hybridized carbons (Fsp3) is 0.375. The maximum atomic E-state index is 9.07. The van der Waals surface area contributed by atoms with Crippen LogP contribution in [0, 0.1) is 11.3 Å². The van der Waals surface area contributed by atoms with Crippen LogP contribution in [0.4, 0.5) is 0 Å². The molecular weight excluding hydrogens is 252 g/mol. The van der Waals surface area contributed by atoms with Crippen molar-refractivity contribution in [1.29, 1.82) is 5.26 Å². The third-order valence-electron chi connectivity index (χ3n) is 2.27. The summed E-state index contributed by atoms with van der Waals surface area (Å²) in [5, 5.41) is 10.0. The molecule has 0 saturated carbocycles. The Morgan fingerprint density at radius 3 is 2.42 bits per heavy atom. The Balaban J connectivity index is 0.000000861. The average molecular weight is 272 g/mol. The van der Waals surface area contributed by atoms with Crippen LogP contribution in [-0.4, -0.2) is 9.73 Å². The summed E-state index contributed by atoms with van der Waals surface area (Å²) in [6, 6.07) is 9.97. The van der Waals surface area contributed by atoms with Crippen molar-refractivity contribution in [3.8, 4) is 6.07 Å². The van der Waals surface area contributed by atoms with Gasteiger partial charge in [0.15, 0.2) is 0 Å². The van der Waals surface area contributed by atoms with E-state index in [1.165, 1.54) is 0 Å². The minimum Gasteiger partial charge on any atom is -0.255 e. The second-order valence-corrected chi connectivity index (χ2v) is 6.71. The SMILES string of the molecule is CC.CC(C)(C)Sc1cccc2c(C#N)ccnc12. The third-order valence-corrected chi connectivity index (χ3v) is 3.43. The molecule has 0 saturated heterocycles. The molecule has 2 aromatic rings. The summed E-state index contributed by atoms with van der Waals surface area (Å²) in [5.74, 6) is 0. The number of thioether (sulfide) groups is 1. The number of fused-ring (bicyclic) bond motifs is 1. The Kier molecular flexibility index (Phi) is 5.38. The summed E-state index contributed by atoms with van der Waals surface area (Å²) in [7, 11) is 0. The summed E-state index contributed by atoms with van der Waals surface area (Å²) in [4.78, 5) is 5.53. The van der Waals surface area contributed by atoms with E-state index in [4.69, 9.17) is 5.26 Å². The van der Waals surface area contributed by atoms with Crippen molar-refractivity contribution in [3.63, 3.8) is 0 Å². The van der Waals surface area contributed by atoms with E-state index >= 15 is 0 Å². The van der Waals surface area contributed by atoms with Crippen molar-refractivity contribution in [2.45, 2.75) is 44.3 Å². The van der Waals surface area contributed by atoms with Crippen LogP contribution in [-0.2, 0) is 0 Å². The standard InChI is InChI=1S/C14H14N2S.C2H6/c1-14(2,3)17-12-6-4-5-11-10(9-15)7-8-16-13(11)12;1-2/h4-8H,1-3H3;1-2H3. The number of aromatic nitrogens is 1. The van der Waals surface area contributed by atoms with Gasteiger partial charge in [-0.3, -0.25) is 4.98 Å². The van der Waals surface area contributed by atoms with Gasteiger partial charge in [0, 0.05) is 21.2 Å². The topological polar surface area (TPSA) is 36.7 Å². The Morgan fingerprint density at radius 1 is 1.16 bits per heavy atom. The second-order valence-electron chi connectivity index (χ2n) is 4.84. The lowest BCUT2D eigenvalue weighted by Gasteiger charge is -2.18. The summed E-state index contributed by atoms with van der Waals surface area (Å²) < 4.78 is 0.138. The zero-order valence-corrected chi connectivity index (χ0v) is 13.0. The van der Waals surface area contributed by atoms with Gasteiger partial charge in [0.25, 0.3) is 0 Å². The van der Waals surface area contributed by atoms with Crippen LogP contribution in [0.3, 0.4) is 0 Å². The lowest BCUT2D eigenvalue weighted by molar-refractivity contribution is 0.803. The highest BCUT2D eigenvalue weighted by Crippen LogP contribution is 2.36. The maximum absolute atomic E-state index is 9.07. The van der Waals surface area contributed by atoms with Gasteiger partial charge in [-0.15, -0.1) is 11.8 Å². The van der Waals surface area contributed by atoms with Crippen LogP contribution < -0.4 is 0 Å². The summed E-state index contributed by atoms with van der Waals surface area (Å²) in [6.45, 7) is 10.5. The number of hydrogen-bond acceptors (Lipinski definition) is 3. The zero-order chi connectivity index (χ0) is 14.5. The van der Waals surface area contributed by atoms with Crippen molar-refractivity contribution in [3.05, 3.63) is 36.0 Å². The van der Waals surface area contributed by atoms with E-state index in [-0.39, 0.29) is 4.75 Å². The first-order valence-electron chi connectivity index (χ1n) is 6.48. The van der Waals surface area contributed by atoms with Crippen LogP contribution in [0.5, 0.6) is 0 Å². The van der Waals surface area contributed by atoms with Crippen molar-refractivity contribution >= 4 is 22.7 Å². The lowest BCUT2D eigenvalue weighted by atomic mass is 10.1. The molecule has 1 aromatic heterocycles. The zero-order valence-electron chi connectivity index (χ0n) is 12.2. The van der Waals surface area contributed by atoms with Crippen LogP contribution in [0.15, 0.2) is 35.4 Å². The molecule has 3 heteroatoms. The molecule has 1 heterocycles. The van der Waals surface area contributed by atoms with E-state index in [2.05, 4.69) is 37.9 Å². The molecule has 0 radical (unpaired) electrons. The van der Waals surface area contributed by atoms with Crippen molar-refractivity contribution < 1.29 is 0 Å². The van der Waals surface area contributed by atoms with Crippen LogP contribution >= 0.6 is 11.8 Å². The van der Waals surface area contributed by atoms with Crippen LogP contribution in [0.2, 0.25) is 0 Å². The lowest BCUT2D eigenvalue weighted by Crippen LogP contribution is -2.06. The molecule has 0 atom stereocenters. The monoisotopic (exact) mass is 272 g/mol. The molecule has 0 aliphatic carbocycles. The normalized spacial score (nSPS) is 10.5. The van der Waals surface area contributed by atoms with Crippen molar-refractivity contribution in [2.75, 3.05) is 0 Å². The molecule has 0 bridgehead atoms. The maximum Gasteiger partial charge on any atom is 0.0999 e. The summed E-state index contributed by atoms with van der Waals surface area (Å²) >= 11 is 1.78. The van der Waals surface area contributed by atoms with Gasteiger partial charge < -0.3 is 0 Å². The first-order valence-corrected chi connectivity index (χ1v) is 7.30. The number of para-hydroxylation sites is 1. The van der Waals surface area contributed by atoms with Gasteiger partial charge in [0.2, 0.25) is 0 Å². The quantitative estimate of drug-likeness (QED) is 0.684. The molecule has 0 unspecified atom stereocenters. The van der Waals surface area contributed by atoms with Gasteiger partial charge in [-0.2, -0.15) is 5.26 Å². The van der Waals surface area contributed by atoms with Gasteiger partial charge >= 0.3 is 0 Å². The average Bonchev–Trinajstić information content (AvgIpc) is 2.39. The Labute approximate surface area is 119 Å². The first kappa shape index (κ1) is 15.5. The van der Waals surface area contributed by atoms with E-state index in [1.54, 1.807) is 24.0 Å². The number of benzene rings is 1. The first-order chi connectivity index (χ1) is 9.01. The van der Waals surface area contributed by atoms with Gasteiger partial charge in [-0.05, 0) is 12.1 Å². The number of hydrogen-bond donors (Lipinski definition) is 0. The minimum absolute atomic E-state index is 0.138. The largest absolute Gasteiger partial charge is 0.255 e. The Hall–Kier alpha value is -1.53. The fourth-order valence-corrected chi connectivity index (χ4v) is 2.72. The van der Waals surface area contributed by atoms with Gasteiger partial charge in [0.05, 0.1) is 17.1 Å². The Bertz CT molecular complexity index is 592. The number of pyridine rings is 1. The molecule has 2 nitrogen and oxygen atoms in total. The van der Waals surface area contributed by atoms with Gasteiger partial charge in [-0.1, -0.05) is 46.8 Å². The molecule has 1 aromatic carbocycles. The highest BCUT2D eigenvalue weighted by atomic mass is 32.2. The molecular formula is C16H20N2S. The van der Waals surface area contributed by atoms with E-state index in [0.717, 1.165) is 15.8 Å². The van der Waals surface area contributed by atoms with Crippen LogP contribution in [0.25, 0.3) is 10.9 Å². The molecule has 0 N–H and O–H groups in total. The second kappa shape index (κ2) is 6.58. The van der Waals surface area contributed by atoms with E-state index in [1.807, 2.05) is 26.0 Å². The molecule has 0 aliphatic rings. The van der Waals surface area contributed by atoms with Crippen molar-refractivity contribution in [2.24, 2.45) is 0 Å².